The number of pyridine rings is 1. The maximum Gasteiger partial charge on any atom is 0.292 e. The van der Waals surface area contributed by atoms with Gasteiger partial charge in [0.15, 0.2) is 18.5 Å². The Bertz CT molecular complexity index is 1260. The summed E-state index contributed by atoms with van der Waals surface area (Å²) in [5.41, 5.74) is 4.11. The zero-order chi connectivity index (χ0) is 20.4. The fraction of sp³-hybridized carbons (Fsp3) is 0.318. The van der Waals surface area contributed by atoms with E-state index in [1.807, 2.05) is 31.5 Å². The van der Waals surface area contributed by atoms with Crippen molar-refractivity contribution in [2.75, 3.05) is 6.61 Å². The number of nitrogens with zero attached hydrogens (tertiary/aromatic N) is 1. The topological polar surface area (TPSA) is 110 Å². The van der Waals surface area contributed by atoms with E-state index in [9.17, 15) is 20.4 Å². The zero-order valence-electron chi connectivity index (χ0n) is 16.1. The summed E-state index contributed by atoms with van der Waals surface area (Å²) < 4.78 is 7.40. The molecule has 0 saturated carbocycles. The lowest BCUT2D eigenvalue weighted by Crippen LogP contribution is -2.45. The molecule has 2 aromatic heterocycles. The van der Waals surface area contributed by atoms with Crippen LogP contribution in [-0.2, 0) is 4.74 Å². The van der Waals surface area contributed by atoms with Crippen LogP contribution in [0.1, 0.15) is 17.4 Å². The molecule has 0 bridgehead atoms. The summed E-state index contributed by atoms with van der Waals surface area (Å²) in [6, 6.07) is 7.26. The Labute approximate surface area is 166 Å². The first-order valence-corrected chi connectivity index (χ1v) is 9.61. The molecule has 4 atom stereocenters. The van der Waals surface area contributed by atoms with E-state index in [0.717, 1.165) is 43.7 Å². The molecule has 5 rings (SSSR count). The van der Waals surface area contributed by atoms with Crippen LogP contribution in [0.3, 0.4) is 0 Å². The number of phenols is 1. The Morgan fingerprint density at radius 1 is 1.03 bits per heavy atom. The highest BCUT2D eigenvalue weighted by Gasteiger charge is 2.48. The van der Waals surface area contributed by atoms with Crippen LogP contribution in [0.15, 0.2) is 36.7 Å². The Balaban J connectivity index is 1.75. The van der Waals surface area contributed by atoms with Crippen molar-refractivity contribution in [3.63, 3.8) is 0 Å². The van der Waals surface area contributed by atoms with Crippen LogP contribution in [0.4, 0.5) is 0 Å². The number of fused-ring (bicyclic) bond motifs is 4. The van der Waals surface area contributed by atoms with Crippen molar-refractivity contribution in [3.8, 4) is 5.75 Å². The van der Waals surface area contributed by atoms with Gasteiger partial charge in [-0.05, 0) is 48.6 Å². The molecular formula is C22H23N2O5+. The lowest BCUT2D eigenvalue weighted by Gasteiger charge is -2.12. The number of benzene rings is 2. The van der Waals surface area contributed by atoms with Gasteiger partial charge in [0, 0.05) is 27.7 Å². The molecule has 0 spiro atoms. The van der Waals surface area contributed by atoms with Gasteiger partial charge >= 0.3 is 0 Å². The third-order valence-electron chi connectivity index (χ3n) is 6.13. The van der Waals surface area contributed by atoms with Gasteiger partial charge in [-0.1, -0.05) is 0 Å². The number of hydrogen-bond acceptors (Lipinski definition) is 5. The molecule has 1 aliphatic rings. The van der Waals surface area contributed by atoms with Crippen LogP contribution in [0.25, 0.3) is 32.6 Å². The number of aromatic hydroxyl groups is 1. The van der Waals surface area contributed by atoms with Gasteiger partial charge in [-0.25, -0.2) is 0 Å². The molecule has 1 fully saturated rings. The van der Waals surface area contributed by atoms with Gasteiger partial charge in [-0.3, -0.25) is 0 Å². The predicted molar refractivity (Wildman–Crippen MR) is 108 cm³/mol. The Morgan fingerprint density at radius 2 is 1.83 bits per heavy atom. The largest absolute Gasteiger partial charge is 0.508 e. The number of phenolic OH excluding ortho intramolecular Hbond substituents is 1. The molecule has 5 N–H and O–H groups in total. The van der Waals surface area contributed by atoms with Crippen molar-refractivity contribution in [2.45, 2.75) is 38.4 Å². The summed E-state index contributed by atoms with van der Waals surface area (Å²) >= 11 is 0. The van der Waals surface area contributed by atoms with E-state index in [1.54, 1.807) is 16.7 Å². The van der Waals surface area contributed by atoms with Gasteiger partial charge in [-0.15, -0.1) is 0 Å². The lowest BCUT2D eigenvalue weighted by molar-refractivity contribution is -0.764. The molecule has 7 heteroatoms. The highest BCUT2D eigenvalue weighted by atomic mass is 16.6. The SMILES string of the molecule is Cc1c2cc[n+]([C@@H]3O[C@H](CO)[C@H](O)[C@@H]3O)cc2c(C)c2c1[nH]c1ccc(O)cc12. The van der Waals surface area contributed by atoms with Crippen molar-refractivity contribution in [1.29, 1.82) is 0 Å². The molecule has 2 aromatic carbocycles. The van der Waals surface area contributed by atoms with Gasteiger partial charge in [0.25, 0.3) is 6.23 Å². The molecule has 1 aliphatic heterocycles. The van der Waals surface area contributed by atoms with Crippen molar-refractivity contribution >= 4 is 32.6 Å². The number of aromatic nitrogens is 2. The number of ether oxygens (including phenoxy) is 1. The van der Waals surface area contributed by atoms with Crippen LogP contribution >= 0.6 is 0 Å². The molecule has 0 aliphatic carbocycles. The molecule has 4 aromatic rings. The number of H-pyrrole nitrogens is 1. The van der Waals surface area contributed by atoms with E-state index in [1.165, 1.54) is 0 Å². The van der Waals surface area contributed by atoms with E-state index in [-0.39, 0.29) is 12.4 Å². The summed E-state index contributed by atoms with van der Waals surface area (Å²) in [6.07, 6.45) is -0.164. The summed E-state index contributed by atoms with van der Waals surface area (Å²) in [5.74, 6) is 0.213. The van der Waals surface area contributed by atoms with E-state index in [0.29, 0.717) is 0 Å². The van der Waals surface area contributed by atoms with Gasteiger partial charge in [0.1, 0.15) is 18.0 Å². The normalized spacial score (nSPS) is 24.9. The number of nitrogens with one attached hydrogen (secondary N) is 1. The van der Waals surface area contributed by atoms with Crippen molar-refractivity contribution < 1.29 is 29.7 Å². The minimum Gasteiger partial charge on any atom is -0.508 e. The van der Waals surface area contributed by atoms with Crippen LogP contribution in [0, 0.1) is 13.8 Å². The number of aliphatic hydroxyl groups excluding tert-OH is 3. The quantitative estimate of drug-likeness (QED) is 0.332. The lowest BCUT2D eigenvalue weighted by atomic mass is 9.97. The van der Waals surface area contributed by atoms with Crippen LogP contribution < -0.4 is 4.57 Å². The Kier molecular flexibility index (Phi) is 4.04. The highest BCUT2D eigenvalue weighted by molar-refractivity contribution is 6.16. The third-order valence-corrected chi connectivity index (χ3v) is 6.13. The predicted octanol–water partition coefficient (Wildman–Crippen LogP) is 1.70. The summed E-state index contributed by atoms with van der Waals surface area (Å²) in [4.78, 5) is 3.46. The third kappa shape index (κ3) is 2.55. The second-order valence-corrected chi connectivity index (χ2v) is 7.80. The molecule has 150 valence electrons. The summed E-state index contributed by atoms with van der Waals surface area (Å²) in [7, 11) is 0. The van der Waals surface area contributed by atoms with Gasteiger partial charge in [-0.2, -0.15) is 4.57 Å². The maximum atomic E-state index is 10.4. The minimum atomic E-state index is -1.14. The highest BCUT2D eigenvalue weighted by Crippen LogP contribution is 2.37. The van der Waals surface area contributed by atoms with E-state index < -0.39 is 24.5 Å². The van der Waals surface area contributed by atoms with Crippen molar-refractivity contribution in [1.82, 2.24) is 4.98 Å². The molecule has 29 heavy (non-hydrogen) atoms. The second kappa shape index (κ2) is 6.40. The van der Waals surface area contributed by atoms with Crippen LogP contribution in [0.2, 0.25) is 0 Å². The molecule has 0 amide bonds. The van der Waals surface area contributed by atoms with E-state index >= 15 is 0 Å². The smallest absolute Gasteiger partial charge is 0.292 e. The summed E-state index contributed by atoms with van der Waals surface area (Å²) in [5, 5.41) is 43.8. The fourth-order valence-electron chi connectivity index (χ4n) is 4.54. The zero-order valence-corrected chi connectivity index (χ0v) is 16.1. The first-order valence-electron chi connectivity index (χ1n) is 9.61. The number of rotatable bonds is 2. The number of aryl methyl sites for hydroxylation is 2. The minimum absolute atomic E-state index is 0.213. The molecule has 7 nitrogen and oxygen atoms in total. The van der Waals surface area contributed by atoms with Crippen LogP contribution in [-0.4, -0.2) is 50.3 Å². The monoisotopic (exact) mass is 395 g/mol. The first kappa shape index (κ1) is 18.3. The molecule has 3 heterocycles. The molecule has 1 saturated heterocycles. The van der Waals surface area contributed by atoms with Crippen LogP contribution in [0.5, 0.6) is 5.75 Å². The molecule has 0 unspecified atom stereocenters. The second-order valence-electron chi connectivity index (χ2n) is 7.80. The van der Waals surface area contributed by atoms with Crippen molar-refractivity contribution in [2.24, 2.45) is 0 Å². The first-order chi connectivity index (χ1) is 13.9. The van der Waals surface area contributed by atoms with Gasteiger partial charge in [0.05, 0.1) is 12.1 Å². The number of aromatic amines is 1. The van der Waals surface area contributed by atoms with Gasteiger partial charge in [0.2, 0.25) is 0 Å². The maximum absolute atomic E-state index is 10.4. The molecule has 0 radical (unpaired) electrons. The van der Waals surface area contributed by atoms with Gasteiger partial charge < -0.3 is 30.1 Å². The average molecular weight is 395 g/mol. The van der Waals surface area contributed by atoms with Crippen molar-refractivity contribution in [3.05, 3.63) is 47.8 Å². The summed E-state index contributed by atoms with van der Waals surface area (Å²) in [6.45, 7) is 3.72. The fourth-order valence-corrected chi connectivity index (χ4v) is 4.54. The Morgan fingerprint density at radius 3 is 2.55 bits per heavy atom. The van der Waals surface area contributed by atoms with E-state index in [4.69, 9.17) is 4.74 Å². The standard InChI is InChI=1S/C22H22N2O5/c1-10-15-8-24(22-21(28)20(27)17(9-25)29-22)6-5-13(15)11(2)19-18(10)14-7-12(26)3-4-16(14)23-19/h3-8,17,20-22,25-28H,9H2,1-2H3/p+1/t17-,20+,21+,22-/m1/s1. The number of aliphatic hydroxyl groups is 3. The Hall–Kier alpha value is -2.71. The molecular weight excluding hydrogens is 372 g/mol. The van der Waals surface area contributed by atoms with E-state index in [2.05, 4.69) is 11.9 Å². The average Bonchev–Trinajstić information content (AvgIpc) is 3.24. The number of hydrogen-bond donors (Lipinski definition) is 5.